The Hall–Kier alpha value is -0.0900. The van der Waals surface area contributed by atoms with Crippen LogP contribution < -0.4 is 5.32 Å². The van der Waals surface area contributed by atoms with Crippen molar-refractivity contribution in [1.82, 2.24) is 5.32 Å². The standard InChI is InChI=1S/C11H14BrNO.ClH/c12-10-3-1-9(2-4-10)11(14)5-7-13-8-6-11;/h1-4,13-14H,5-8H2;1H. The molecule has 0 aromatic heterocycles. The number of nitrogens with one attached hydrogen (secondary N) is 1. The van der Waals surface area contributed by atoms with Crippen molar-refractivity contribution in [3.05, 3.63) is 34.3 Å². The Morgan fingerprint density at radius 1 is 1.13 bits per heavy atom. The Kier molecular flexibility index (Phi) is 4.59. The largest absolute Gasteiger partial charge is 0.385 e. The third kappa shape index (κ3) is 2.94. The smallest absolute Gasteiger partial charge is 0.0920 e. The van der Waals surface area contributed by atoms with Crippen LogP contribution >= 0.6 is 28.3 Å². The van der Waals surface area contributed by atoms with Gasteiger partial charge in [-0.15, -0.1) is 12.4 Å². The van der Waals surface area contributed by atoms with E-state index in [-0.39, 0.29) is 12.4 Å². The van der Waals surface area contributed by atoms with Crippen LogP contribution in [0.4, 0.5) is 0 Å². The van der Waals surface area contributed by atoms with Gasteiger partial charge in [-0.3, -0.25) is 0 Å². The SMILES string of the molecule is Cl.OC1(c2ccc(Br)cc2)CCNCC1. The monoisotopic (exact) mass is 291 g/mol. The average Bonchev–Trinajstić information content (AvgIpc) is 2.19. The van der Waals surface area contributed by atoms with Crippen molar-refractivity contribution in [2.75, 3.05) is 13.1 Å². The van der Waals surface area contributed by atoms with Crippen LogP contribution in [0.25, 0.3) is 0 Å². The molecule has 0 amide bonds. The molecule has 15 heavy (non-hydrogen) atoms. The van der Waals surface area contributed by atoms with E-state index in [4.69, 9.17) is 0 Å². The summed E-state index contributed by atoms with van der Waals surface area (Å²) in [5.41, 5.74) is 0.411. The predicted octanol–water partition coefficient (Wildman–Crippen LogP) is 2.44. The van der Waals surface area contributed by atoms with Gasteiger partial charge < -0.3 is 10.4 Å². The van der Waals surface area contributed by atoms with Gasteiger partial charge in [0.1, 0.15) is 0 Å². The van der Waals surface area contributed by atoms with Crippen LogP contribution in [0.1, 0.15) is 18.4 Å². The number of aliphatic hydroxyl groups is 1. The second kappa shape index (κ2) is 5.30. The predicted molar refractivity (Wildman–Crippen MR) is 67.4 cm³/mol. The highest BCUT2D eigenvalue weighted by Crippen LogP contribution is 2.30. The van der Waals surface area contributed by atoms with Gasteiger partial charge in [-0.1, -0.05) is 28.1 Å². The average molecular weight is 293 g/mol. The molecule has 84 valence electrons. The number of rotatable bonds is 1. The summed E-state index contributed by atoms with van der Waals surface area (Å²) < 4.78 is 1.05. The third-order valence-corrected chi connectivity index (χ3v) is 3.34. The van der Waals surface area contributed by atoms with Gasteiger partial charge in [-0.2, -0.15) is 0 Å². The maximum absolute atomic E-state index is 10.4. The molecule has 0 bridgehead atoms. The van der Waals surface area contributed by atoms with Crippen LogP contribution in [0.3, 0.4) is 0 Å². The van der Waals surface area contributed by atoms with Gasteiger partial charge in [0.05, 0.1) is 5.60 Å². The van der Waals surface area contributed by atoms with Gasteiger partial charge in [0.25, 0.3) is 0 Å². The zero-order valence-corrected chi connectivity index (χ0v) is 10.8. The molecule has 4 heteroatoms. The van der Waals surface area contributed by atoms with Crippen molar-refractivity contribution in [3.8, 4) is 0 Å². The number of hydrogen-bond donors (Lipinski definition) is 2. The van der Waals surface area contributed by atoms with Gasteiger partial charge in [0, 0.05) is 4.47 Å². The number of halogens is 2. The third-order valence-electron chi connectivity index (χ3n) is 2.81. The number of piperidine rings is 1. The lowest BCUT2D eigenvalue weighted by Crippen LogP contribution is -2.39. The number of hydrogen-bond acceptors (Lipinski definition) is 2. The zero-order valence-electron chi connectivity index (χ0n) is 8.37. The van der Waals surface area contributed by atoms with Crippen LogP contribution in [0.15, 0.2) is 28.7 Å². The summed E-state index contributed by atoms with van der Waals surface area (Å²) in [4.78, 5) is 0. The van der Waals surface area contributed by atoms with E-state index in [2.05, 4.69) is 21.2 Å². The molecule has 0 atom stereocenters. The summed E-state index contributed by atoms with van der Waals surface area (Å²) in [7, 11) is 0. The van der Waals surface area contributed by atoms with Gasteiger partial charge in [0.15, 0.2) is 0 Å². The molecule has 0 radical (unpaired) electrons. The summed E-state index contributed by atoms with van der Waals surface area (Å²) in [6.45, 7) is 1.79. The first kappa shape index (κ1) is 13.0. The normalized spacial score (nSPS) is 19.3. The Bertz CT molecular complexity index is 309. The fourth-order valence-electron chi connectivity index (χ4n) is 1.89. The molecule has 2 N–H and O–H groups in total. The van der Waals surface area contributed by atoms with Crippen molar-refractivity contribution >= 4 is 28.3 Å². The molecule has 0 saturated carbocycles. The maximum atomic E-state index is 10.4. The van der Waals surface area contributed by atoms with E-state index in [1.165, 1.54) is 0 Å². The Morgan fingerprint density at radius 2 is 1.67 bits per heavy atom. The quantitative estimate of drug-likeness (QED) is 0.833. The highest BCUT2D eigenvalue weighted by Gasteiger charge is 2.30. The van der Waals surface area contributed by atoms with E-state index in [1.807, 2.05) is 24.3 Å². The van der Waals surface area contributed by atoms with Crippen molar-refractivity contribution in [3.63, 3.8) is 0 Å². The molecule has 1 aliphatic rings. The van der Waals surface area contributed by atoms with Crippen LogP contribution in [-0.4, -0.2) is 18.2 Å². The molecular weight excluding hydrogens is 277 g/mol. The molecule has 1 saturated heterocycles. The first-order chi connectivity index (χ1) is 6.71. The van der Waals surface area contributed by atoms with Crippen LogP contribution in [0.2, 0.25) is 0 Å². The molecule has 1 fully saturated rings. The minimum atomic E-state index is -0.619. The summed E-state index contributed by atoms with van der Waals surface area (Å²) in [5.74, 6) is 0. The summed E-state index contributed by atoms with van der Waals surface area (Å²) in [6.07, 6.45) is 1.60. The van der Waals surface area contributed by atoms with E-state index >= 15 is 0 Å². The van der Waals surface area contributed by atoms with E-state index in [0.29, 0.717) is 0 Å². The summed E-state index contributed by atoms with van der Waals surface area (Å²) >= 11 is 3.39. The fraction of sp³-hybridized carbons (Fsp3) is 0.455. The van der Waals surface area contributed by atoms with Gasteiger partial charge >= 0.3 is 0 Å². The lowest BCUT2D eigenvalue weighted by molar-refractivity contribution is 0.00593. The molecule has 0 spiro atoms. The van der Waals surface area contributed by atoms with Crippen molar-refractivity contribution in [2.24, 2.45) is 0 Å². The van der Waals surface area contributed by atoms with E-state index in [9.17, 15) is 5.11 Å². The van der Waals surface area contributed by atoms with E-state index < -0.39 is 5.60 Å². The molecule has 1 aromatic carbocycles. The minimum absolute atomic E-state index is 0. The van der Waals surface area contributed by atoms with Crippen LogP contribution in [0, 0.1) is 0 Å². The Morgan fingerprint density at radius 3 is 2.20 bits per heavy atom. The van der Waals surface area contributed by atoms with Gasteiger partial charge in [0.2, 0.25) is 0 Å². The molecule has 2 rings (SSSR count). The molecule has 1 aliphatic heterocycles. The van der Waals surface area contributed by atoms with E-state index in [1.54, 1.807) is 0 Å². The van der Waals surface area contributed by atoms with Gasteiger partial charge in [-0.05, 0) is 43.6 Å². The van der Waals surface area contributed by atoms with Crippen molar-refractivity contribution in [1.29, 1.82) is 0 Å². The highest BCUT2D eigenvalue weighted by atomic mass is 79.9. The van der Waals surface area contributed by atoms with Crippen molar-refractivity contribution < 1.29 is 5.11 Å². The number of benzene rings is 1. The first-order valence-corrected chi connectivity index (χ1v) is 5.69. The van der Waals surface area contributed by atoms with Crippen LogP contribution in [0.5, 0.6) is 0 Å². The lowest BCUT2D eigenvalue weighted by Gasteiger charge is -2.33. The van der Waals surface area contributed by atoms with Crippen LogP contribution in [-0.2, 0) is 5.60 Å². The molecule has 2 nitrogen and oxygen atoms in total. The molecule has 0 aliphatic carbocycles. The highest BCUT2D eigenvalue weighted by molar-refractivity contribution is 9.10. The topological polar surface area (TPSA) is 32.3 Å². The second-order valence-electron chi connectivity index (χ2n) is 3.79. The molecule has 0 unspecified atom stereocenters. The second-order valence-corrected chi connectivity index (χ2v) is 4.70. The zero-order chi connectivity index (χ0) is 10.0. The van der Waals surface area contributed by atoms with Gasteiger partial charge in [-0.25, -0.2) is 0 Å². The Balaban J connectivity index is 0.00000112. The summed E-state index contributed by atoms with van der Waals surface area (Å²) in [6, 6.07) is 7.95. The minimum Gasteiger partial charge on any atom is -0.385 e. The molecule has 1 aromatic rings. The molecular formula is C11H15BrClNO. The Labute approximate surface area is 105 Å². The van der Waals surface area contributed by atoms with E-state index in [0.717, 1.165) is 36.0 Å². The summed E-state index contributed by atoms with van der Waals surface area (Å²) in [5, 5.41) is 13.6. The fourth-order valence-corrected chi connectivity index (χ4v) is 2.15. The lowest BCUT2D eigenvalue weighted by atomic mass is 9.85. The molecule has 1 heterocycles. The van der Waals surface area contributed by atoms with Crippen molar-refractivity contribution in [2.45, 2.75) is 18.4 Å². The first-order valence-electron chi connectivity index (χ1n) is 4.90. The maximum Gasteiger partial charge on any atom is 0.0920 e.